The second-order valence-electron chi connectivity index (χ2n) is 5.56. The van der Waals surface area contributed by atoms with Crippen molar-refractivity contribution in [1.29, 1.82) is 5.26 Å². The summed E-state index contributed by atoms with van der Waals surface area (Å²) >= 11 is 0. The maximum absolute atomic E-state index is 12.7. The summed E-state index contributed by atoms with van der Waals surface area (Å²) in [4.78, 5) is 0.306. The molecule has 0 N–H and O–H groups in total. The minimum absolute atomic E-state index is 0.208. The lowest BCUT2D eigenvalue weighted by atomic mass is 10.1. The Kier molecular flexibility index (Phi) is 6.86. The third-order valence-electron chi connectivity index (χ3n) is 3.14. The second kappa shape index (κ2) is 8.16. The molecule has 0 heterocycles. The molecule has 0 atom stereocenters. The molecule has 0 aliphatic rings. The summed E-state index contributed by atoms with van der Waals surface area (Å²) < 4.78 is 26.7. The van der Waals surface area contributed by atoms with Gasteiger partial charge in [0, 0.05) is 19.5 Å². The fourth-order valence-electron chi connectivity index (χ4n) is 2.16. The summed E-state index contributed by atoms with van der Waals surface area (Å²) in [5.74, 6) is 0.220. The Morgan fingerprint density at radius 1 is 1.24 bits per heavy atom. The van der Waals surface area contributed by atoms with Gasteiger partial charge in [0.25, 0.3) is 0 Å². The van der Waals surface area contributed by atoms with E-state index >= 15 is 0 Å². The van der Waals surface area contributed by atoms with Crippen LogP contribution in [0.4, 0.5) is 0 Å². The minimum atomic E-state index is -3.52. The summed E-state index contributed by atoms with van der Waals surface area (Å²) in [5, 5.41) is 8.71. The number of nitrogens with zero attached hydrogens (tertiary/aromatic N) is 2. The molecule has 0 saturated carbocycles. The molecule has 0 fully saturated rings. The van der Waals surface area contributed by atoms with E-state index in [1.807, 2.05) is 32.0 Å². The summed E-state index contributed by atoms with van der Waals surface area (Å²) in [6.07, 6.45) is 2.19. The van der Waals surface area contributed by atoms with Crippen LogP contribution in [-0.2, 0) is 16.4 Å². The van der Waals surface area contributed by atoms with Crippen molar-refractivity contribution in [3.63, 3.8) is 0 Å². The van der Waals surface area contributed by atoms with E-state index in [9.17, 15) is 8.42 Å². The molecule has 0 bridgehead atoms. The largest absolute Gasteiger partial charge is 0.243 e. The maximum Gasteiger partial charge on any atom is 0.243 e. The molecule has 21 heavy (non-hydrogen) atoms. The lowest BCUT2D eigenvalue weighted by Gasteiger charge is -2.23. The van der Waals surface area contributed by atoms with Gasteiger partial charge in [-0.15, -0.1) is 0 Å². The van der Waals surface area contributed by atoms with Crippen LogP contribution in [-0.4, -0.2) is 25.8 Å². The molecule has 1 aromatic rings. The number of sulfonamides is 1. The van der Waals surface area contributed by atoms with Crippen molar-refractivity contribution in [2.75, 3.05) is 13.1 Å². The van der Waals surface area contributed by atoms with Gasteiger partial charge >= 0.3 is 0 Å². The quantitative estimate of drug-likeness (QED) is 0.741. The maximum atomic E-state index is 12.7. The van der Waals surface area contributed by atoms with E-state index < -0.39 is 10.0 Å². The van der Waals surface area contributed by atoms with Crippen LogP contribution in [0.3, 0.4) is 0 Å². The Hall–Kier alpha value is -1.38. The van der Waals surface area contributed by atoms with Crippen LogP contribution in [0.25, 0.3) is 0 Å². The molecule has 116 valence electrons. The molecule has 0 amide bonds. The highest BCUT2D eigenvalue weighted by atomic mass is 32.2. The summed E-state index contributed by atoms with van der Waals surface area (Å²) in [7, 11) is -3.52. The standard InChI is InChI=1S/C16H24N2O2S/c1-4-6-15-7-9-16(10-8-15)21(19,20)18(12-5-11-17)13-14(2)3/h7-10,14H,4-6,12-13H2,1-3H3. The van der Waals surface area contributed by atoms with Gasteiger partial charge in [0.15, 0.2) is 0 Å². The van der Waals surface area contributed by atoms with E-state index in [2.05, 4.69) is 6.92 Å². The van der Waals surface area contributed by atoms with Gasteiger partial charge in [0.2, 0.25) is 10.0 Å². The molecule has 0 radical (unpaired) electrons. The van der Waals surface area contributed by atoms with Gasteiger partial charge in [-0.25, -0.2) is 8.42 Å². The van der Waals surface area contributed by atoms with E-state index in [4.69, 9.17) is 5.26 Å². The molecule has 0 unspecified atom stereocenters. The lowest BCUT2D eigenvalue weighted by Crippen LogP contribution is -2.35. The second-order valence-corrected chi connectivity index (χ2v) is 7.50. The molecule has 0 spiro atoms. The molecule has 1 aromatic carbocycles. The normalized spacial score (nSPS) is 11.8. The third-order valence-corrected chi connectivity index (χ3v) is 5.02. The molecule has 4 nitrogen and oxygen atoms in total. The van der Waals surface area contributed by atoms with Crippen LogP contribution in [0, 0.1) is 17.2 Å². The number of benzene rings is 1. The van der Waals surface area contributed by atoms with Crippen LogP contribution in [0.15, 0.2) is 29.2 Å². The molecule has 0 saturated heterocycles. The Balaban J connectivity index is 3.01. The zero-order chi connectivity index (χ0) is 15.9. The van der Waals surface area contributed by atoms with Crippen molar-refractivity contribution < 1.29 is 8.42 Å². The first-order valence-electron chi connectivity index (χ1n) is 7.37. The average Bonchev–Trinajstić information content (AvgIpc) is 2.44. The monoisotopic (exact) mass is 308 g/mol. The Labute approximate surface area is 128 Å². The van der Waals surface area contributed by atoms with Gasteiger partial charge in [-0.2, -0.15) is 9.57 Å². The van der Waals surface area contributed by atoms with Gasteiger partial charge in [-0.05, 0) is 30.0 Å². The number of nitriles is 1. The average molecular weight is 308 g/mol. The summed E-state index contributed by atoms with van der Waals surface area (Å²) in [5.41, 5.74) is 1.14. The molecular weight excluding hydrogens is 284 g/mol. The van der Waals surface area contributed by atoms with E-state index in [-0.39, 0.29) is 18.9 Å². The molecule has 5 heteroatoms. The predicted octanol–water partition coefficient (Wildman–Crippen LogP) is 3.20. The molecule has 0 aliphatic carbocycles. The lowest BCUT2D eigenvalue weighted by molar-refractivity contribution is 0.373. The van der Waals surface area contributed by atoms with Crippen LogP contribution in [0.1, 0.15) is 39.2 Å². The van der Waals surface area contributed by atoms with Crippen LogP contribution >= 0.6 is 0 Å². The Morgan fingerprint density at radius 3 is 2.33 bits per heavy atom. The summed E-state index contributed by atoms with van der Waals surface area (Å²) in [6.45, 7) is 6.71. The smallest absolute Gasteiger partial charge is 0.207 e. The van der Waals surface area contributed by atoms with E-state index in [0.29, 0.717) is 11.4 Å². The van der Waals surface area contributed by atoms with Gasteiger partial charge in [0.1, 0.15) is 0 Å². The number of aryl methyl sites for hydroxylation is 1. The highest BCUT2D eigenvalue weighted by Crippen LogP contribution is 2.18. The van der Waals surface area contributed by atoms with Crippen molar-refractivity contribution >= 4 is 10.0 Å². The predicted molar refractivity (Wildman–Crippen MR) is 84.3 cm³/mol. The fraction of sp³-hybridized carbons (Fsp3) is 0.562. The zero-order valence-corrected chi connectivity index (χ0v) is 13.9. The van der Waals surface area contributed by atoms with Crippen LogP contribution in [0.2, 0.25) is 0 Å². The van der Waals surface area contributed by atoms with Crippen LogP contribution in [0.5, 0.6) is 0 Å². The highest BCUT2D eigenvalue weighted by Gasteiger charge is 2.24. The summed E-state index contributed by atoms with van der Waals surface area (Å²) in [6, 6.07) is 9.09. The van der Waals surface area contributed by atoms with Crippen molar-refractivity contribution in [2.24, 2.45) is 5.92 Å². The van der Waals surface area contributed by atoms with Crippen molar-refractivity contribution in [3.05, 3.63) is 29.8 Å². The number of hydrogen-bond acceptors (Lipinski definition) is 3. The van der Waals surface area contributed by atoms with E-state index in [1.54, 1.807) is 12.1 Å². The minimum Gasteiger partial charge on any atom is -0.207 e. The first-order chi connectivity index (χ1) is 9.91. The molecule has 0 aliphatic heterocycles. The zero-order valence-electron chi connectivity index (χ0n) is 13.0. The SMILES string of the molecule is CCCc1ccc(S(=O)(=O)N(CCC#N)CC(C)C)cc1. The molecule has 1 rings (SSSR count). The highest BCUT2D eigenvalue weighted by molar-refractivity contribution is 7.89. The Bertz CT molecular complexity index is 571. The topological polar surface area (TPSA) is 61.2 Å². The van der Waals surface area contributed by atoms with Gasteiger partial charge in [0.05, 0.1) is 11.0 Å². The van der Waals surface area contributed by atoms with Crippen molar-refractivity contribution in [3.8, 4) is 6.07 Å². The van der Waals surface area contributed by atoms with Gasteiger partial charge in [-0.1, -0.05) is 39.3 Å². The third kappa shape index (κ3) is 5.14. The van der Waals surface area contributed by atoms with Gasteiger partial charge < -0.3 is 0 Å². The van der Waals surface area contributed by atoms with E-state index in [0.717, 1.165) is 18.4 Å². The number of hydrogen-bond donors (Lipinski definition) is 0. The molecular formula is C16H24N2O2S. The fourth-order valence-corrected chi connectivity index (χ4v) is 3.76. The first kappa shape index (κ1) is 17.7. The van der Waals surface area contributed by atoms with Crippen LogP contribution < -0.4 is 0 Å². The van der Waals surface area contributed by atoms with Crippen molar-refractivity contribution in [2.45, 2.75) is 44.9 Å². The van der Waals surface area contributed by atoms with Crippen molar-refractivity contribution in [1.82, 2.24) is 4.31 Å². The van der Waals surface area contributed by atoms with Gasteiger partial charge in [-0.3, -0.25) is 0 Å². The molecule has 0 aromatic heterocycles. The van der Waals surface area contributed by atoms with E-state index in [1.165, 1.54) is 4.31 Å². The number of rotatable bonds is 8. The first-order valence-corrected chi connectivity index (χ1v) is 8.81. The Morgan fingerprint density at radius 2 is 1.86 bits per heavy atom.